The molecule has 2 aliphatic carbocycles. The molecule has 0 spiro atoms. The van der Waals surface area contributed by atoms with Crippen molar-refractivity contribution in [3.05, 3.63) is 93.6 Å². The van der Waals surface area contributed by atoms with Crippen molar-refractivity contribution < 1.29 is 19.4 Å². The lowest BCUT2D eigenvalue weighted by Crippen LogP contribution is -2.67. The second kappa shape index (κ2) is 10.1. The van der Waals surface area contributed by atoms with E-state index in [0.29, 0.717) is 16.8 Å². The van der Waals surface area contributed by atoms with Crippen molar-refractivity contribution in [1.29, 1.82) is 0 Å². The number of para-hydroxylation sites is 1. The van der Waals surface area contributed by atoms with Crippen molar-refractivity contribution in [2.75, 3.05) is 7.11 Å². The van der Waals surface area contributed by atoms with E-state index in [4.69, 9.17) is 51.1 Å². The summed E-state index contributed by atoms with van der Waals surface area (Å²) in [6, 6.07) is 8.81. The summed E-state index contributed by atoms with van der Waals surface area (Å²) in [5.41, 5.74) is -0.216. The molecule has 0 amide bonds. The summed E-state index contributed by atoms with van der Waals surface area (Å²) in [5.74, 6) is -3.22. The van der Waals surface area contributed by atoms with Crippen LogP contribution in [-0.4, -0.2) is 47.5 Å². The predicted octanol–water partition coefficient (Wildman–Crippen LogP) is 5.50. The van der Waals surface area contributed by atoms with Crippen LogP contribution in [0.3, 0.4) is 0 Å². The monoisotopic (exact) mass is 777 g/mol. The number of rotatable bonds is 3. The van der Waals surface area contributed by atoms with Gasteiger partial charge in [-0.3, -0.25) is 9.59 Å². The SMILES string of the molecule is COc1cc(C2C3=CCn4c(=O)n(-c5ccccc5)c(=O)n4C3CC3(Cl)C(=O)C(Cl)=C(Cl)C(=O)C23Cl)c(Br)c(Br)c1O. The van der Waals surface area contributed by atoms with Crippen LogP contribution in [0.25, 0.3) is 5.69 Å². The molecule has 1 aromatic heterocycles. The first-order chi connectivity index (χ1) is 19.8. The van der Waals surface area contributed by atoms with Crippen LogP contribution in [0.5, 0.6) is 11.5 Å². The predicted molar refractivity (Wildman–Crippen MR) is 165 cm³/mol. The molecule has 4 unspecified atom stereocenters. The van der Waals surface area contributed by atoms with Crippen molar-refractivity contribution in [3.63, 3.8) is 0 Å². The second-order valence-corrected chi connectivity index (χ2v) is 13.5. The van der Waals surface area contributed by atoms with Crippen LogP contribution < -0.4 is 16.1 Å². The van der Waals surface area contributed by atoms with Gasteiger partial charge >= 0.3 is 11.4 Å². The number of Topliss-reactive ketones (excluding diaryl/α,β-unsaturated/α-hetero) is 2. The van der Waals surface area contributed by atoms with Crippen LogP contribution in [0.1, 0.15) is 23.9 Å². The minimum absolute atomic E-state index is 0.0256. The second-order valence-electron chi connectivity index (χ2n) is 9.96. The Bertz CT molecular complexity index is 1920. The number of halogens is 6. The summed E-state index contributed by atoms with van der Waals surface area (Å²) in [4.78, 5) is 50.8. The zero-order chi connectivity index (χ0) is 30.5. The fourth-order valence-electron chi connectivity index (χ4n) is 6.09. The number of hydrogen-bond acceptors (Lipinski definition) is 6. The van der Waals surface area contributed by atoms with Crippen LogP contribution in [0.2, 0.25) is 0 Å². The molecular weight excluding hydrogens is 764 g/mol. The number of aromatic nitrogens is 3. The van der Waals surface area contributed by atoms with Crippen molar-refractivity contribution in [3.8, 4) is 17.2 Å². The van der Waals surface area contributed by atoms with E-state index < -0.39 is 54.7 Å². The Labute approximate surface area is 274 Å². The minimum atomic E-state index is -2.23. The fourth-order valence-corrected chi connectivity index (χ4v) is 8.56. The highest BCUT2D eigenvalue weighted by Crippen LogP contribution is 2.65. The molecule has 3 aromatic rings. The molecule has 4 atom stereocenters. The number of aromatic hydroxyl groups is 1. The zero-order valence-corrected chi connectivity index (χ0v) is 27.4. The largest absolute Gasteiger partial charge is 0.503 e. The number of phenolic OH excluding ortho intramolecular Hbond substituents is 1. The van der Waals surface area contributed by atoms with Crippen molar-refractivity contribution >= 4 is 89.8 Å². The van der Waals surface area contributed by atoms with Crippen LogP contribution in [0, 0.1) is 0 Å². The highest BCUT2D eigenvalue weighted by atomic mass is 79.9. The fraction of sp³-hybridized carbons (Fsp3) is 0.259. The molecule has 1 saturated carbocycles. The van der Waals surface area contributed by atoms with Gasteiger partial charge in [-0.05, 0) is 61.2 Å². The molecule has 218 valence electrons. The van der Waals surface area contributed by atoms with E-state index in [1.165, 1.54) is 22.5 Å². The van der Waals surface area contributed by atoms with Crippen molar-refractivity contribution in [1.82, 2.24) is 13.9 Å². The lowest BCUT2D eigenvalue weighted by Gasteiger charge is -2.54. The third-order valence-electron chi connectivity index (χ3n) is 8.02. The summed E-state index contributed by atoms with van der Waals surface area (Å²) in [6.07, 6.45) is 1.31. The lowest BCUT2D eigenvalue weighted by molar-refractivity contribution is -0.128. The number of alkyl halides is 2. The minimum Gasteiger partial charge on any atom is -0.503 e. The van der Waals surface area contributed by atoms with Gasteiger partial charge in [0.15, 0.2) is 23.1 Å². The molecule has 2 heterocycles. The van der Waals surface area contributed by atoms with Gasteiger partial charge < -0.3 is 9.84 Å². The smallest absolute Gasteiger partial charge is 0.352 e. The third-order valence-corrected chi connectivity index (χ3v) is 12.4. The number of phenols is 1. The topological polar surface area (TPSA) is 113 Å². The summed E-state index contributed by atoms with van der Waals surface area (Å²) < 4.78 is 9.30. The molecular formula is C27H17Br2Cl4N3O6. The quantitative estimate of drug-likeness (QED) is 0.278. The summed E-state index contributed by atoms with van der Waals surface area (Å²) >= 11 is 33.8. The maximum atomic E-state index is 14.0. The van der Waals surface area contributed by atoms with E-state index in [9.17, 15) is 24.3 Å². The average Bonchev–Trinajstić information content (AvgIpc) is 3.24. The Morgan fingerprint density at radius 2 is 1.62 bits per heavy atom. The number of fused-ring (bicyclic) bond motifs is 4. The first-order valence-corrected chi connectivity index (χ1v) is 15.4. The molecule has 3 aliphatic rings. The molecule has 0 radical (unpaired) electrons. The van der Waals surface area contributed by atoms with Gasteiger partial charge in [-0.2, -0.15) is 0 Å². The van der Waals surface area contributed by atoms with Gasteiger partial charge in [0.25, 0.3) is 0 Å². The molecule has 15 heteroatoms. The number of methoxy groups -OCH3 is 1. The first kappa shape index (κ1) is 29.8. The molecule has 6 rings (SSSR count). The molecule has 2 aromatic carbocycles. The lowest BCUT2D eigenvalue weighted by atomic mass is 9.59. The third kappa shape index (κ3) is 3.73. The van der Waals surface area contributed by atoms with Gasteiger partial charge in [0.2, 0.25) is 0 Å². The maximum Gasteiger partial charge on any atom is 0.352 e. The van der Waals surface area contributed by atoms with Crippen molar-refractivity contribution in [2.45, 2.75) is 34.7 Å². The van der Waals surface area contributed by atoms with Gasteiger partial charge in [0, 0.05) is 16.8 Å². The Kier molecular flexibility index (Phi) is 7.19. The maximum absolute atomic E-state index is 14.0. The summed E-state index contributed by atoms with van der Waals surface area (Å²) in [6.45, 7) is -0.0566. The number of carbonyl (C=O) groups excluding carboxylic acids is 2. The highest BCUT2D eigenvalue weighted by Gasteiger charge is 2.71. The number of ketones is 2. The number of nitrogens with zero attached hydrogens (tertiary/aromatic N) is 3. The Hall–Kier alpha value is -2.28. The van der Waals surface area contributed by atoms with Gasteiger partial charge in [0.1, 0.15) is 19.8 Å². The summed E-state index contributed by atoms with van der Waals surface area (Å²) in [5, 5.41) is 9.48. The molecule has 1 aliphatic heterocycles. The van der Waals surface area contributed by atoms with Crippen LogP contribution in [0.15, 0.2) is 76.6 Å². The number of allylic oxidation sites excluding steroid dienone is 4. The zero-order valence-electron chi connectivity index (χ0n) is 21.2. The average molecular weight is 781 g/mol. The van der Waals surface area contributed by atoms with Gasteiger partial charge in [-0.1, -0.05) is 47.5 Å². The van der Waals surface area contributed by atoms with Crippen LogP contribution >= 0.6 is 78.3 Å². The molecule has 1 N–H and O–H groups in total. The number of carbonyl (C=O) groups is 2. The van der Waals surface area contributed by atoms with E-state index in [1.807, 2.05) is 0 Å². The number of hydrogen-bond donors (Lipinski definition) is 1. The van der Waals surface area contributed by atoms with Crippen molar-refractivity contribution in [2.24, 2.45) is 0 Å². The highest BCUT2D eigenvalue weighted by molar-refractivity contribution is 9.13. The van der Waals surface area contributed by atoms with E-state index in [2.05, 4.69) is 31.9 Å². The molecule has 9 nitrogen and oxygen atoms in total. The Morgan fingerprint density at radius 3 is 2.26 bits per heavy atom. The van der Waals surface area contributed by atoms with E-state index >= 15 is 0 Å². The molecule has 0 saturated heterocycles. The number of benzene rings is 2. The molecule has 1 fully saturated rings. The number of ether oxygens (including phenoxy) is 1. The molecule has 0 bridgehead atoms. The standard InChI is InChI=1S/C27H17Br2Cl4N3O6/c1-42-15-9-13(17(28)18(29)21(15)37)16-12-7-8-34-24(40)35(11-5-3-2-4-6-11)25(41)36(34)14(12)10-26(32)22(38)19(30)20(31)23(39)27(16,26)33/h2-7,9,14,16,37H,8,10H2,1H3. The Balaban J connectivity index is 1.69. The first-order valence-electron chi connectivity index (χ1n) is 12.3. The van der Waals surface area contributed by atoms with Crippen LogP contribution in [0.4, 0.5) is 0 Å². The van der Waals surface area contributed by atoms with E-state index in [-0.39, 0.29) is 33.4 Å². The van der Waals surface area contributed by atoms with Gasteiger partial charge in [-0.25, -0.2) is 23.5 Å². The van der Waals surface area contributed by atoms with E-state index in [1.54, 1.807) is 36.4 Å². The Morgan fingerprint density at radius 1 is 0.976 bits per heavy atom. The van der Waals surface area contributed by atoms with Crippen LogP contribution in [-0.2, 0) is 16.1 Å². The normalized spacial score (nSPS) is 26.9. The molecule has 42 heavy (non-hydrogen) atoms. The van der Waals surface area contributed by atoms with Gasteiger partial charge in [-0.15, -0.1) is 23.2 Å². The summed E-state index contributed by atoms with van der Waals surface area (Å²) in [7, 11) is 1.34. The van der Waals surface area contributed by atoms with Gasteiger partial charge in [0.05, 0.1) is 29.9 Å². The van der Waals surface area contributed by atoms with E-state index in [0.717, 1.165) is 4.57 Å².